The summed E-state index contributed by atoms with van der Waals surface area (Å²) in [6.45, 7) is 2.22. The minimum absolute atomic E-state index is 0.140. The molecule has 2 aromatic rings. The highest BCUT2D eigenvalue weighted by atomic mass is 16.5. The molecule has 21 heavy (non-hydrogen) atoms. The molecule has 0 aromatic heterocycles. The van der Waals surface area contributed by atoms with Crippen LogP contribution < -0.4 is 5.73 Å². The Kier molecular flexibility index (Phi) is 5.52. The lowest BCUT2D eigenvalue weighted by molar-refractivity contribution is -0.143. The fourth-order valence-electron chi connectivity index (χ4n) is 2.23. The molecule has 2 N–H and O–H groups in total. The fourth-order valence-corrected chi connectivity index (χ4v) is 2.23. The van der Waals surface area contributed by atoms with E-state index in [9.17, 15) is 4.79 Å². The van der Waals surface area contributed by atoms with Crippen LogP contribution in [0.4, 0.5) is 0 Å². The van der Waals surface area contributed by atoms with Crippen molar-refractivity contribution < 1.29 is 9.53 Å². The summed E-state index contributed by atoms with van der Waals surface area (Å²) in [5, 5.41) is 0. The van der Waals surface area contributed by atoms with Crippen LogP contribution in [0.25, 0.3) is 11.1 Å². The summed E-state index contributed by atoms with van der Waals surface area (Å²) in [4.78, 5) is 11.3. The van der Waals surface area contributed by atoms with Crippen molar-refractivity contribution in [2.24, 2.45) is 5.73 Å². The van der Waals surface area contributed by atoms with Gasteiger partial charge in [0.15, 0.2) is 0 Å². The fraction of sp³-hybridized carbons (Fsp3) is 0.278. The predicted molar refractivity (Wildman–Crippen MR) is 84.7 cm³/mol. The molecule has 0 fully saturated rings. The Labute approximate surface area is 125 Å². The standard InChI is InChI=1S/C18H21NO2/c1-2-21-18(20)13-12-17(19)16-10-8-15(9-11-16)14-6-4-3-5-7-14/h3-11,17H,2,12-13,19H2,1H3. The number of nitrogens with two attached hydrogens (primary N) is 1. The number of carbonyl (C=O) groups is 1. The van der Waals surface area contributed by atoms with Crippen molar-refractivity contribution in [2.45, 2.75) is 25.8 Å². The normalized spacial score (nSPS) is 11.9. The van der Waals surface area contributed by atoms with E-state index in [1.165, 1.54) is 5.56 Å². The first-order valence-corrected chi connectivity index (χ1v) is 7.27. The van der Waals surface area contributed by atoms with Gasteiger partial charge >= 0.3 is 5.97 Å². The molecule has 0 bridgehead atoms. The van der Waals surface area contributed by atoms with Crippen molar-refractivity contribution >= 4 is 5.97 Å². The Balaban J connectivity index is 1.97. The van der Waals surface area contributed by atoms with E-state index in [1.54, 1.807) is 6.92 Å². The average molecular weight is 283 g/mol. The Morgan fingerprint density at radius 1 is 1.05 bits per heavy atom. The first-order valence-electron chi connectivity index (χ1n) is 7.27. The van der Waals surface area contributed by atoms with E-state index in [0.717, 1.165) is 11.1 Å². The lowest BCUT2D eigenvalue weighted by Crippen LogP contribution is -2.13. The Morgan fingerprint density at radius 3 is 2.29 bits per heavy atom. The van der Waals surface area contributed by atoms with Crippen molar-refractivity contribution in [3.05, 3.63) is 60.2 Å². The first-order chi connectivity index (χ1) is 10.2. The molecule has 2 rings (SSSR count). The summed E-state index contributed by atoms with van der Waals surface area (Å²) in [6.07, 6.45) is 0.957. The highest BCUT2D eigenvalue weighted by Crippen LogP contribution is 2.22. The van der Waals surface area contributed by atoms with Crippen molar-refractivity contribution in [3.63, 3.8) is 0 Å². The van der Waals surface area contributed by atoms with Crippen LogP contribution in [0.2, 0.25) is 0 Å². The molecule has 3 nitrogen and oxygen atoms in total. The second-order valence-electron chi connectivity index (χ2n) is 4.94. The van der Waals surface area contributed by atoms with Gasteiger partial charge in [-0.15, -0.1) is 0 Å². The van der Waals surface area contributed by atoms with Gasteiger partial charge in [-0.2, -0.15) is 0 Å². The number of carbonyl (C=O) groups excluding carboxylic acids is 1. The van der Waals surface area contributed by atoms with E-state index >= 15 is 0 Å². The van der Waals surface area contributed by atoms with Crippen molar-refractivity contribution in [3.8, 4) is 11.1 Å². The zero-order chi connectivity index (χ0) is 15.1. The summed E-state index contributed by atoms with van der Waals surface area (Å²) in [7, 11) is 0. The molecule has 2 aromatic carbocycles. The third kappa shape index (κ3) is 4.43. The van der Waals surface area contributed by atoms with E-state index in [1.807, 2.05) is 30.3 Å². The first kappa shape index (κ1) is 15.3. The summed E-state index contributed by atoms with van der Waals surface area (Å²) < 4.78 is 4.91. The molecule has 0 aliphatic heterocycles. The molecule has 0 aliphatic rings. The van der Waals surface area contributed by atoms with Crippen LogP contribution in [0.15, 0.2) is 54.6 Å². The van der Waals surface area contributed by atoms with Gasteiger partial charge in [0.1, 0.15) is 0 Å². The molecule has 1 atom stereocenters. The molecule has 0 spiro atoms. The number of benzene rings is 2. The molecule has 0 saturated carbocycles. The molecule has 0 amide bonds. The van der Waals surface area contributed by atoms with Gasteiger partial charge in [0.2, 0.25) is 0 Å². The monoisotopic (exact) mass is 283 g/mol. The molecule has 1 unspecified atom stereocenters. The number of hydrogen-bond donors (Lipinski definition) is 1. The minimum Gasteiger partial charge on any atom is -0.466 e. The Bertz CT molecular complexity index is 564. The van der Waals surface area contributed by atoms with Gasteiger partial charge in [0.05, 0.1) is 6.61 Å². The SMILES string of the molecule is CCOC(=O)CCC(N)c1ccc(-c2ccccc2)cc1. The molecule has 110 valence electrons. The Hall–Kier alpha value is -2.13. The van der Waals surface area contributed by atoms with Gasteiger partial charge in [-0.25, -0.2) is 0 Å². The van der Waals surface area contributed by atoms with Crippen LogP contribution in [0, 0.1) is 0 Å². The third-order valence-electron chi connectivity index (χ3n) is 3.41. The lowest BCUT2D eigenvalue weighted by Gasteiger charge is -2.12. The van der Waals surface area contributed by atoms with Crippen LogP contribution in [0.5, 0.6) is 0 Å². The molecule has 0 saturated heterocycles. The summed E-state index contributed by atoms with van der Waals surface area (Å²) >= 11 is 0. The largest absolute Gasteiger partial charge is 0.466 e. The van der Waals surface area contributed by atoms with E-state index in [0.29, 0.717) is 19.4 Å². The zero-order valence-electron chi connectivity index (χ0n) is 12.3. The van der Waals surface area contributed by atoms with Gasteiger partial charge in [0, 0.05) is 12.5 Å². The topological polar surface area (TPSA) is 52.3 Å². The second kappa shape index (κ2) is 7.60. The second-order valence-corrected chi connectivity index (χ2v) is 4.94. The van der Waals surface area contributed by atoms with E-state index in [2.05, 4.69) is 24.3 Å². The molecular weight excluding hydrogens is 262 g/mol. The lowest BCUT2D eigenvalue weighted by atomic mass is 9.99. The van der Waals surface area contributed by atoms with Gasteiger partial charge < -0.3 is 10.5 Å². The van der Waals surface area contributed by atoms with Crippen molar-refractivity contribution in [1.29, 1.82) is 0 Å². The van der Waals surface area contributed by atoms with Gasteiger partial charge in [-0.05, 0) is 30.0 Å². The third-order valence-corrected chi connectivity index (χ3v) is 3.41. The predicted octanol–water partition coefficient (Wildman–Crippen LogP) is 3.70. The number of hydrogen-bond acceptors (Lipinski definition) is 3. The zero-order valence-corrected chi connectivity index (χ0v) is 12.3. The number of rotatable bonds is 6. The van der Waals surface area contributed by atoms with Crippen LogP contribution >= 0.6 is 0 Å². The van der Waals surface area contributed by atoms with Crippen LogP contribution in [0.3, 0.4) is 0 Å². The molecule has 0 aliphatic carbocycles. The van der Waals surface area contributed by atoms with Gasteiger partial charge in [-0.3, -0.25) is 4.79 Å². The summed E-state index contributed by atoms with van der Waals surface area (Å²) in [5.74, 6) is -0.186. The molecule has 0 radical (unpaired) electrons. The summed E-state index contributed by atoms with van der Waals surface area (Å²) in [6, 6.07) is 18.2. The van der Waals surface area contributed by atoms with Gasteiger partial charge in [-0.1, -0.05) is 54.6 Å². The van der Waals surface area contributed by atoms with E-state index < -0.39 is 0 Å². The van der Waals surface area contributed by atoms with Crippen LogP contribution in [0.1, 0.15) is 31.4 Å². The highest BCUT2D eigenvalue weighted by molar-refractivity contribution is 5.69. The number of ether oxygens (including phenoxy) is 1. The maximum Gasteiger partial charge on any atom is 0.305 e. The smallest absolute Gasteiger partial charge is 0.305 e. The van der Waals surface area contributed by atoms with Crippen LogP contribution in [-0.4, -0.2) is 12.6 Å². The quantitative estimate of drug-likeness (QED) is 0.822. The van der Waals surface area contributed by atoms with E-state index in [4.69, 9.17) is 10.5 Å². The van der Waals surface area contributed by atoms with E-state index in [-0.39, 0.29) is 12.0 Å². The molecule has 0 heterocycles. The maximum atomic E-state index is 11.3. The molecular formula is C18H21NO2. The van der Waals surface area contributed by atoms with Crippen LogP contribution in [-0.2, 0) is 9.53 Å². The average Bonchev–Trinajstić information content (AvgIpc) is 2.54. The van der Waals surface area contributed by atoms with Gasteiger partial charge in [0.25, 0.3) is 0 Å². The minimum atomic E-state index is -0.186. The highest BCUT2D eigenvalue weighted by Gasteiger charge is 2.10. The number of esters is 1. The maximum absolute atomic E-state index is 11.3. The Morgan fingerprint density at radius 2 is 1.67 bits per heavy atom. The molecule has 3 heteroatoms. The van der Waals surface area contributed by atoms with Crippen molar-refractivity contribution in [1.82, 2.24) is 0 Å². The van der Waals surface area contributed by atoms with Crippen molar-refractivity contribution in [2.75, 3.05) is 6.61 Å². The summed E-state index contributed by atoms with van der Waals surface area (Å²) in [5.41, 5.74) is 9.51.